The van der Waals surface area contributed by atoms with Crippen LogP contribution in [-0.2, 0) is 9.59 Å². The van der Waals surface area contributed by atoms with Crippen LogP contribution in [0.25, 0.3) is 0 Å². The van der Waals surface area contributed by atoms with Crippen molar-refractivity contribution in [3.63, 3.8) is 0 Å². The van der Waals surface area contributed by atoms with Crippen molar-refractivity contribution in [2.75, 3.05) is 0 Å². The molecule has 0 aromatic heterocycles. The van der Waals surface area contributed by atoms with Gasteiger partial charge in [0.1, 0.15) is 0 Å². The molecule has 0 bridgehead atoms. The number of carbonyl (C=O) groups excluding carboxylic acids is 2. The Labute approximate surface area is 71.8 Å². The topological polar surface area (TPSA) is 46.2 Å². The van der Waals surface area contributed by atoms with Gasteiger partial charge in [-0.2, -0.15) is 0 Å². The fourth-order valence-electron chi connectivity index (χ4n) is 1.28. The molecule has 0 unspecified atom stereocenters. The average molecular weight is 167 g/mol. The molecule has 0 saturated carbocycles. The van der Waals surface area contributed by atoms with Crippen molar-refractivity contribution in [1.82, 2.24) is 5.32 Å². The molecule has 1 N–H and O–H groups in total. The average Bonchev–Trinajstić information content (AvgIpc) is 2.05. The second-order valence-corrected chi connectivity index (χ2v) is 2.99. The maximum atomic E-state index is 11.2. The summed E-state index contributed by atoms with van der Waals surface area (Å²) in [5.74, 6) is -0.506. The van der Waals surface area contributed by atoms with Crippen molar-refractivity contribution >= 4 is 11.8 Å². The van der Waals surface area contributed by atoms with Gasteiger partial charge >= 0.3 is 0 Å². The zero-order valence-corrected chi connectivity index (χ0v) is 7.22. The number of allylic oxidation sites excluding steroid dienone is 1. The Bertz CT molecular complexity index is 231. The van der Waals surface area contributed by atoms with Gasteiger partial charge in [-0.1, -0.05) is 6.08 Å². The maximum Gasteiger partial charge on any atom is 0.253 e. The van der Waals surface area contributed by atoms with E-state index in [1.807, 2.05) is 6.08 Å². The van der Waals surface area contributed by atoms with Crippen molar-refractivity contribution in [2.45, 2.75) is 32.6 Å². The third kappa shape index (κ3) is 2.49. The molecular formula is C9H13NO2. The summed E-state index contributed by atoms with van der Waals surface area (Å²) in [7, 11) is 0. The van der Waals surface area contributed by atoms with Gasteiger partial charge < -0.3 is 0 Å². The van der Waals surface area contributed by atoms with Crippen LogP contribution >= 0.6 is 0 Å². The molecule has 0 aromatic carbocycles. The monoisotopic (exact) mass is 167 g/mol. The number of carbonyl (C=O) groups is 2. The Morgan fingerprint density at radius 2 is 2.17 bits per heavy atom. The molecule has 0 radical (unpaired) electrons. The molecule has 0 spiro atoms. The molecule has 12 heavy (non-hydrogen) atoms. The van der Waals surface area contributed by atoms with Crippen LogP contribution in [0.2, 0.25) is 0 Å². The lowest BCUT2D eigenvalue weighted by atomic mass is 9.99. The van der Waals surface area contributed by atoms with E-state index in [-0.39, 0.29) is 11.8 Å². The zero-order valence-electron chi connectivity index (χ0n) is 7.22. The second-order valence-electron chi connectivity index (χ2n) is 2.99. The molecule has 2 amide bonds. The standard InChI is InChI=1S/C9H13NO2/c1-7(11)10-9(12)8-5-3-2-4-6-8/h5H,2-4,6H2,1H3,(H,10,11,12). The van der Waals surface area contributed by atoms with Gasteiger partial charge in [-0.3, -0.25) is 14.9 Å². The first-order valence-electron chi connectivity index (χ1n) is 4.21. The van der Waals surface area contributed by atoms with Crippen LogP contribution in [0.15, 0.2) is 11.6 Å². The molecule has 0 aromatic rings. The van der Waals surface area contributed by atoms with E-state index < -0.39 is 0 Å². The maximum absolute atomic E-state index is 11.2. The number of hydrogen-bond donors (Lipinski definition) is 1. The molecule has 0 heterocycles. The molecule has 1 rings (SSSR count). The van der Waals surface area contributed by atoms with E-state index in [0.717, 1.165) is 31.3 Å². The summed E-state index contributed by atoms with van der Waals surface area (Å²) in [6, 6.07) is 0. The number of hydrogen-bond acceptors (Lipinski definition) is 2. The summed E-state index contributed by atoms with van der Waals surface area (Å²) in [5, 5.41) is 2.27. The number of rotatable bonds is 1. The Kier molecular flexibility index (Phi) is 3.02. The van der Waals surface area contributed by atoms with E-state index >= 15 is 0 Å². The normalized spacial score (nSPS) is 16.6. The van der Waals surface area contributed by atoms with Gasteiger partial charge in [-0.05, 0) is 25.7 Å². The SMILES string of the molecule is CC(=O)NC(=O)C1=CCCCC1. The zero-order chi connectivity index (χ0) is 8.97. The first kappa shape index (κ1) is 8.97. The van der Waals surface area contributed by atoms with E-state index in [0.29, 0.717) is 0 Å². The van der Waals surface area contributed by atoms with E-state index in [1.165, 1.54) is 6.92 Å². The quantitative estimate of drug-likeness (QED) is 0.636. The van der Waals surface area contributed by atoms with Crippen LogP contribution in [0.1, 0.15) is 32.6 Å². The Hall–Kier alpha value is -1.12. The number of amides is 2. The van der Waals surface area contributed by atoms with Crippen LogP contribution in [0, 0.1) is 0 Å². The van der Waals surface area contributed by atoms with Gasteiger partial charge in [-0.15, -0.1) is 0 Å². The minimum absolute atomic E-state index is 0.220. The molecule has 3 heteroatoms. The lowest BCUT2D eigenvalue weighted by Crippen LogP contribution is -2.29. The van der Waals surface area contributed by atoms with Crippen LogP contribution in [-0.4, -0.2) is 11.8 Å². The fraction of sp³-hybridized carbons (Fsp3) is 0.556. The summed E-state index contributed by atoms with van der Waals surface area (Å²) in [5.41, 5.74) is 0.761. The predicted molar refractivity (Wildman–Crippen MR) is 45.4 cm³/mol. The highest BCUT2D eigenvalue weighted by atomic mass is 16.2. The van der Waals surface area contributed by atoms with Crippen molar-refractivity contribution in [3.8, 4) is 0 Å². The van der Waals surface area contributed by atoms with E-state index in [1.54, 1.807) is 0 Å². The Morgan fingerprint density at radius 3 is 2.67 bits per heavy atom. The summed E-state index contributed by atoms with van der Waals surface area (Å²) in [4.78, 5) is 21.7. The van der Waals surface area contributed by atoms with Gasteiger partial charge in [0.2, 0.25) is 5.91 Å². The Morgan fingerprint density at radius 1 is 1.42 bits per heavy atom. The number of imide groups is 1. The van der Waals surface area contributed by atoms with Crippen LogP contribution in [0.4, 0.5) is 0 Å². The van der Waals surface area contributed by atoms with Crippen LogP contribution in [0.5, 0.6) is 0 Å². The highest BCUT2D eigenvalue weighted by molar-refractivity contribution is 6.03. The lowest BCUT2D eigenvalue weighted by Gasteiger charge is -2.10. The predicted octanol–water partition coefficient (Wildman–Crippen LogP) is 1.15. The summed E-state index contributed by atoms with van der Waals surface area (Å²) >= 11 is 0. The Balaban J connectivity index is 2.51. The molecule has 0 atom stereocenters. The fourth-order valence-corrected chi connectivity index (χ4v) is 1.28. The highest BCUT2D eigenvalue weighted by Crippen LogP contribution is 2.16. The third-order valence-corrected chi connectivity index (χ3v) is 1.87. The molecule has 0 aliphatic heterocycles. The second kappa shape index (κ2) is 4.04. The van der Waals surface area contributed by atoms with E-state index in [4.69, 9.17) is 0 Å². The smallest absolute Gasteiger partial charge is 0.253 e. The highest BCUT2D eigenvalue weighted by Gasteiger charge is 2.12. The number of nitrogens with one attached hydrogen (secondary N) is 1. The minimum Gasteiger partial charge on any atom is -0.293 e. The van der Waals surface area contributed by atoms with Gasteiger partial charge in [0.05, 0.1) is 0 Å². The molecular weight excluding hydrogens is 154 g/mol. The summed E-state index contributed by atoms with van der Waals surface area (Å²) < 4.78 is 0. The van der Waals surface area contributed by atoms with E-state index in [9.17, 15) is 9.59 Å². The van der Waals surface area contributed by atoms with Crippen molar-refractivity contribution in [3.05, 3.63) is 11.6 Å². The molecule has 66 valence electrons. The lowest BCUT2D eigenvalue weighted by molar-refractivity contribution is -0.127. The third-order valence-electron chi connectivity index (χ3n) is 1.87. The summed E-state index contributed by atoms with van der Waals surface area (Å²) in [6.45, 7) is 1.35. The first-order valence-corrected chi connectivity index (χ1v) is 4.21. The summed E-state index contributed by atoms with van der Waals surface area (Å²) in [6.07, 6.45) is 5.88. The molecule has 0 saturated heterocycles. The van der Waals surface area contributed by atoms with Crippen molar-refractivity contribution < 1.29 is 9.59 Å². The van der Waals surface area contributed by atoms with Gasteiger partial charge in [-0.25, -0.2) is 0 Å². The molecule has 3 nitrogen and oxygen atoms in total. The van der Waals surface area contributed by atoms with Crippen LogP contribution < -0.4 is 5.32 Å². The molecule has 1 aliphatic carbocycles. The van der Waals surface area contributed by atoms with Crippen molar-refractivity contribution in [1.29, 1.82) is 0 Å². The largest absolute Gasteiger partial charge is 0.293 e. The van der Waals surface area contributed by atoms with Gasteiger partial charge in [0.25, 0.3) is 5.91 Å². The van der Waals surface area contributed by atoms with Crippen LogP contribution in [0.3, 0.4) is 0 Å². The van der Waals surface area contributed by atoms with E-state index in [2.05, 4.69) is 5.32 Å². The minimum atomic E-state index is -0.286. The molecule has 1 aliphatic rings. The first-order chi connectivity index (χ1) is 5.70. The van der Waals surface area contributed by atoms with Crippen molar-refractivity contribution in [2.24, 2.45) is 0 Å². The molecule has 0 fully saturated rings. The van der Waals surface area contributed by atoms with Gasteiger partial charge in [0, 0.05) is 12.5 Å². The van der Waals surface area contributed by atoms with Gasteiger partial charge in [0.15, 0.2) is 0 Å².